The van der Waals surface area contributed by atoms with Crippen LogP contribution in [0.3, 0.4) is 0 Å². The molecule has 1 amide bonds. The van der Waals surface area contributed by atoms with E-state index in [0.29, 0.717) is 18.5 Å². The average molecular weight is 335 g/mol. The molecule has 0 aliphatic heterocycles. The number of carbonyl (C=O) groups excluding carboxylic acids is 2. The number of carbonyl (C=O) groups is 2. The summed E-state index contributed by atoms with van der Waals surface area (Å²) >= 11 is 0. The third-order valence-electron chi connectivity index (χ3n) is 6.01. The largest absolute Gasteiger partial charge is 0.460 e. The molecule has 24 heavy (non-hydrogen) atoms. The quantitative estimate of drug-likeness (QED) is 0.459. The van der Waals surface area contributed by atoms with E-state index >= 15 is 0 Å². The lowest BCUT2D eigenvalue weighted by Crippen LogP contribution is -2.66. The van der Waals surface area contributed by atoms with Crippen molar-refractivity contribution < 1.29 is 19.4 Å². The molecule has 4 aliphatic rings. The summed E-state index contributed by atoms with van der Waals surface area (Å²) in [6.07, 6.45) is 4.95. The van der Waals surface area contributed by atoms with E-state index in [-0.39, 0.29) is 23.3 Å². The third-order valence-corrected chi connectivity index (χ3v) is 6.01. The van der Waals surface area contributed by atoms with Gasteiger partial charge in [-0.2, -0.15) is 0 Å². The van der Waals surface area contributed by atoms with Crippen LogP contribution in [0.1, 0.15) is 59.3 Å². The molecule has 4 saturated carbocycles. The predicted molar refractivity (Wildman–Crippen MR) is 90.1 cm³/mol. The van der Waals surface area contributed by atoms with Gasteiger partial charge in [0.05, 0.1) is 17.6 Å². The molecule has 0 spiro atoms. The van der Waals surface area contributed by atoms with Gasteiger partial charge in [-0.3, -0.25) is 4.79 Å². The van der Waals surface area contributed by atoms with Gasteiger partial charge in [-0.15, -0.1) is 0 Å². The lowest BCUT2D eigenvalue weighted by molar-refractivity contribution is -0.223. The smallest absolute Gasteiger partial charge is 0.333 e. The molecular weight excluding hydrogens is 306 g/mol. The van der Waals surface area contributed by atoms with Crippen molar-refractivity contribution in [1.82, 2.24) is 5.32 Å². The zero-order valence-electron chi connectivity index (χ0n) is 15.0. The van der Waals surface area contributed by atoms with E-state index < -0.39 is 17.0 Å². The fourth-order valence-corrected chi connectivity index (χ4v) is 6.49. The Balaban J connectivity index is 1.64. The van der Waals surface area contributed by atoms with E-state index in [1.54, 1.807) is 6.92 Å². The highest BCUT2D eigenvalue weighted by Gasteiger charge is 2.67. The van der Waals surface area contributed by atoms with Crippen molar-refractivity contribution in [2.45, 2.75) is 64.9 Å². The van der Waals surface area contributed by atoms with Gasteiger partial charge in [-0.1, -0.05) is 20.4 Å². The Labute approximate surface area is 143 Å². The summed E-state index contributed by atoms with van der Waals surface area (Å²) in [7, 11) is 0. The summed E-state index contributed by atoms with van der Waals surface area (Å²) in [6, 6.07) is 0. The highest BCUT2D eigenvalue weighted by molar-refractivity contribution is 5.87. The molecule has 4 bridgehead atoms. The van der Waals surface area contributed by atoms with Crippen LogP contribution in [0.25, 0.3) is 0 Å². The third kappa shape index (κ3) is 2.99. The molecule has 0 saturated heterocycles. The van der Waals surface area contributed by atoms with Crippen molar-refractivity contribution in [1.29, 1.82) is 0 Å². The van der Waals surface area contributed by atoms with Gasteiger partial charge in [0.1, 0.15) is 6.61 Å². The van der Waals surface area contributed by atoms with Crippen molar-refractivity contribution in [3.8, 4) is 0 Å². The van der Waals surface area contributed by atoms with Gasteiger partial charge in [0.2, 0.25) is 5.91 Å². The number of nitrogens with one attached hydrogen (secondary N) is 1. The Morgan fingerprint density at radius 1 is 1.08 bits per heavy atom. The molecule has 5 heteroatoms. The van der Waals surface area contributed by atoms with Crippen LogP contribution in [0, 0.1) is 16.2 Å². The van der Waals surface area contributed by atoms with Gasteiger partial charge in [0, 0.05) is 5.57 Å². The maximum Gasteiger partial charge on any atom is 0.333 e. The molecule has 0 heterocycles. The standard InChI is InChI=1S/C19H29NO4/c1-13(2)14(21)24-6-5-20-15(22)18-8-16(3)7-17(4,9-18)11-19(23,10-16)12-18/h23H,1,5-12H2,2-4H3,(H,20,22). The van der Waals surface area contributed by atoms with Gasteiger partial charge in [-0.25, -0.2) is 4.79 Å². The molecule has 4 rings (SSSR count). The minimum atomic E-state index is -0.706. The molecule has 5 nitrogen and oxygen atoms in total. The first-order valence-corrected chi connectivity index (χ1v) is 8.82. The molecule has 0 aromatic rings. The Kier molecular flexibility index (Phi) is 3.87. The Bertz CT molecular complexity index is 543. The zero-order valence-corrected chi connectivity index (χ0v) is 15.0. The molecule has 0 aromatic carbocycles. The van der Waals surface area contributed by atoms with Crippen molar-refractivity contribution in [3.05, 3.63) is 12.2 Å². The minimum Gasteiger partial charge on any atom is -0.460 e. The molecule has 2 atom stereocenters. The predicted octanol–water partition coefficient (Wildman–Crippen LogP) is 2.33. The van der Waals surface area contributed by atoms with Gasteiger partial charge in [0.15, 0.2) is 0 Å². The van der Waals surface area contributed by atoms with Crippen LogP contribution in [0.5, 0.6) is 0 Å². The maximum atomic E-state index is 12.9. The van der Waals surface area contributed by atoms with Crippen molar-refractivity contribution in [3.63, 3.8) is 0 Å². The number of aliphatic hydroxyl groups is 1. The molecule has 4 fully saturated rings. The maximum absolute atomic E-state index is 12.9. The molecule has 2 unspecified atom stereocenters. The summed E-state index contributed by atoms with van der Waals surface area (Å²) in [5.41, 5.74) is -0.748. The summed E-state index contributed by atoms with van der Waals surface area (Å²) in [4.78, 5) is 24.3. The number of amides is 1. The average Bonchev–Trinajstić information content (AvgIpc) is 2.37. The van der Waals surface area contributed by atoms with Crippen LogP contribution >= 0.6 is 0 Å². The van der Waals surface area contributed by atoms with E-state index in [0.717, 1.165) is 32.1 Å². The van der Waals surface area contributed by atoms with E-state index in [1.807, 2.05) is 0 Å². The first-order valence-electron chi connectivity index (χ1n) is 8.82. The van der Waals surface area contributed by atoms with E-state index in [4.69, 9.17) is 4.74 Å². The van der Waals surface area contributed by atoms with Crippen LogP contribution in [0.15, 0.2) is 12.2 Å². The van der Waals surface area contributed by atoms with E-state index in [1.165, 1.54) is 0 Å². The second-order valence-corrected chi connectivity index (χ2v) is 9.36. The Morgan fingerprint density at radius 2 is 1.67 bits per heavy atom. The van der Waals surface area contributed by atoms with Crippen molar-refractivity contribution in [2.75, 3.05) is 13.2 Å². The van der Waals surface area contributed by atoms with Gasteiger partial charge >= 0.3 is 5.97 Å². The highest BCUT2D eigenvalue weighted by Crippen LogP contribution is 2.70. The molecule has 0 aromatic heterocycles. The zero-order chi connectivity index (χ0) is 17.8. The number of rotatable bonds is 5. The van der Waals surface area contributed by atoms with Gasteiger partial charge < -0.3 is 15.2 Å². The summed E-state index contributed by atoms with van der Waals surface area (Å²) in [5, 5.41) is 13.9. The SMILES string of the molecule is C=C(C)C(=O)OCCNC(=O)C12CC3(C)CC(C)(CC(O)(C3)C1)C2. The van der Waals surface area contributed by atoms with Gasteiger partial charge in [-0.05, 0) is 56.3 Å². The highest BCUT2D eigenvalue weighted by atomic mass is 16.5. The number of ether oxygens (including phenoxy) is 1. The van der Waals surface area contributed by atoms with Gasteiger partial charge in [0.25, 0.3) is 0 Å². The lowest BCUT2D eigenvalue weighted by atomic mass is 9.39. The second kappa shape index (κ2) is 5.32. The van der Waals surface area contributed by atoms with Crippen molar-refractivity contribution >= 4 is 11.9 Å². The Hall–Kier alpha value is -1.36. The van der Waals surface area contributed by atoms with Crippen LogP contribution in [-0.4, -0.2) is 35.7 Å². The number of hydrogen-bond donors (Lipinski definition) is 2. The molecule has 2 N–H and O–H groups in total. The lowest BCUT2D eigenvalue weighted by Gasteiger charge is -2.67. The molecular formula is C19H29NO4. The molecule has 0 radical (unpaired) electrons. The van der Waals surface area contributed by atoms with E-state index in [2.05, 4.69) is 25.7 Å². The van der Waals surface area contributed by atoms with E-state index in [9.17, 15) is 14.7 Å². The summed E-state index contributed by atoms with van der Waals surface area (Å²) < 4.78 is 5.03. The fraction of sp³-hybridized carbons (Fsp3) is 0.789. The summed E-state index contributed by atoms with van der Waals surface area (Å²) in [5.74, 6) is -0.433. The number of hydrogen-bond acceptors (Lipinski definition) is 4. The minimum absolute atomic E-state index is 0.00356. The first kappa shape index (κ1) is 17.5. The summed E-state index contributed by atoms with van der Waals surface area (Å²) in [6.45, 7) is 9.99. The van der Waals surface area contributed by atoms with Crippen molar-refractivity contribution in [2.24, 2.45) is 16.2 Å². The van der Waals surface area contributed by atoms with Crippen LogP contribution in [-0.2, 0) is 14.3 Å². The first-order chi connectivity index (χ1) is 11.0. The topological polar surface area (TPSA) is 75.6 Å². The Morgan fingerprint density at radius 3 is 2.17 bits per heavy atom. The fourth-order valence-electron chi connectivity index (χ4n) is 6.49. The second-order valence-electron chi connectivity index (χ2n) is 9.36. The molecule has 4 aliphatic carbocycles. The van der Waals surface area contributed by atoms with Crippen LogP contribution < -0.4 is 5.32 Å². The molecule has 134 valence electrons. The van der Waals surface area contributed by atoms with Crippen LogP contribution in [0.2, 0.25) is 0 Å². The van der Waals surface area contributed by atoms with Crippen LogP contribution in [0.4, 0.5) is 0 Å². The monoisotopic (exact) mass is 335 g/mol. The number of esters is 1. The normalized spacial score (nSPS) is 42.7.